The zero-order chi connectivity index (χ0) is 13.4. The van der Waals surface area contributed by atoms with Gasteiger partial charge in [0.2, 0.25) is 0 Å². The minimum atomic E-state index is -0.703. The number of halogens is 3. The Morgan fingerprint density at radius 1 is 1.33 bits per heavy atom. The van der Waals surface area contributed by atoms with E-state index >= 15 is 0 Å². The highest BCUT2D eigenvalue weighted by molar-refractivity contribution is 9.10. The van der Waals surface area contributed by atoms with E-state index in [-0.39, 0.29) is 5.56 Å². The van der Waals surface area contributed by atoms with Crippen molar-refractivity contribution in [2.45, 2.75) is 13.0 Å². The van der Waals surface area contributed by atoms with Crippen molar-refractivity contribution >= 4 is 15.9 Å². The van der Waals surface area contributed by atoms with Crippen molar-refractivity contribution in [3.8, 4) is 0 Å². The molecule has 0 radical (unpaired) electrons. The van der Waals surface area contributed by atoms with Crippen LogP contribution in [-0.2, 0) is 7.05 Å². The molecule has 6 heteroatoms. The summed E-state index contributed by atoms with van der Waals surface area (Å²) in [5.74, 6) is -1.23. The third-order valence-corrected chi connectivity index (χ3v) is 3.46. The third-order valence-electron chi connectivity index (χ3n) is 2.85. The van der Waals surface area contributed by atoms with Gasteiger partial charge in [0.15, 0.2) is 0 Å². The summed E-state index contributed by atoms with van der Waals surface area (Å²) in [7, 11) is 1.72. The molecule has 0 aliphatic heterocycles. The molecule has 0 fully saturated rings. The van der Waals surface area contributed by atoms with Gasteiger partial charge in [0.1, 0.15) is 11.6 Å². The van der Waals surface area contributed by atoms with E-state index in [9.17, 15) is 8.78 Å². The van der Waals surface area contributed by atoms with E-state index in [1.54, 1.807) is 24.9 Å². The lowest BCUT2D eigenvalue weighted by atomic mass is 10.0. The van der Waals surface area contributed by atoms with E-state index in [1.165, 1.54) is 6.07 Å². The fourth-order valence-corrected chi connectivity index (χ4v) is 2.43. The van der Waals surface area contributed by atoms with Gasteiger partial charge in [0, 0.05) is 18.7 Å². The Hall–Kier alpha value is -1.27. The number of aryl methyl sites for hydroxylation is 2. The van der Waals surface area contributed by atoms with E-state index in [0.29, 0.717) is 15.7 Å². The second-order valence-electron chi connectivity index (χ2n) is 4.10. The summed E-state index contributed by atoms with van der Waals surface area (Å²) in [6.45, 7) is 1.57. The van der Waals surface area contributed by atoms with Crippen molar-refractivity contribution in [2.24, 2.45) is 12.8 Å². The zero-order valence-electron chi connectivity index (χ0n) is 9.92. The van der Waals surface area contributed by atoms with Crippen molar-refractivity contribution in [3.05, 3.63) is 51.3 Å². The van der Waals surface area contributed by atoms with Crippen LogP contribution in [0.2, 0.25) is 0 Å². The molecule has 1 atom stereocenters. The molecular formula is C12H12BrF2N3. The fraction of sp³-hybridized carbons (Fsp3) is 0.250. The molecule has 0 amide bonds. The number of nitrogens with two attached hydrogens (primary N) is 1. The number of hydrogen-bond acceptors (Lipinski definition) is 2. The van der Waals surface area contributed by atoms with Crippen LogP contribution >= 0.6 is 15.9 Å². The Labute approximate surface area is 112 Å². The standard InChI is InChI=1S/C12H12BrF2N3/c1-6-3-7(10(15)4-9(6)14)11(16)12-8(13)5-17-18(12)2/h3-5,11H,16H2,1-2H3. The summed E-state index contributed by atoms with van der Waals surface area (Å²) in [5, 5.41) is 4.03. The SMILES string of the molecule is Cc1cc(C(N)c2c(Br)cnn2C)c(F)cc1F. The number of aromatic nitrogens is 2. The molecule has 1 aromatic heterocycles. The first kappa shape index (κ1) is 13.2. The van der Waals surface area contributed by atoms with Crippen LogP contribution < -0.4 is 5.73 Å². The molecule has 96 valence electrons. The quantitative estimate of drug-likeness (QED) is 0.926. The Morgan fingerprint density at radius 2 is 2.00 bits per heavy atom. The van der Waals surface area contributed by atoms with Crippen LogP contribution in [0.25, 0.3) is 0 Å². The zero-order valence-corrected chi connectivity index (χ0v) is 11.5. The average Bonchev–Trinajstić information content (AvgIpc) is 2.63. The average molecular weight is 316 g/mol. The van der Waals surface area contributed by atoms with E-state index in [0.717, 1.165) is 6.07 Å². The Morgan fingerprint density at radius 3 is 2.56 bits per heavy atom. The molecule has 2 N–H and O–H groups in total. The maximum Gasteiger partial charge on any atom is 0.131 e. The summed E-state index contributed by atoms with van der Waals surface area (Å²) in [4.78, 5) is 0. The molecule has 18 heavy (non-hydrogen) atoms. The van der Waals surface area contributed by atoms with Crippen molar-refractivity contribution in [1.29, 1.82) is 0 Å². The number of rotatable bonds is 2. The smallest absolute Gasteiger partial charge is 0.131 e. The van der Waals surface area contributed by atoms with Crippen LogP contribution in [0.3, 0.4) is 0 Å². The van der Waals surface area contributed by atoms with E-state index in [1.807, 2.05) is 0 Å². The Bertz CT molecular complexity index is 576. The lowest BCUT2D eigenvalue weighted by Gasteiger charge is -2.15. The molecule has 3 nitrogen and oxygen atoms in total. The van der Waals surface area contributed by atoms with E-state index in [4.69, 9.17) is 5.73 Å². The molecule has 0 saturated heterocycles. The van der Waals surface area contributed by atoms with Gasteiger partial charge in [-0.15, -0.1) is 0 Å². The highest BCUT2D eigenvalue weighted by Gasteiger charge is 2.21. The predicted molar refractivity (Wildman–Crippen MR) is 68.0 cm³/mol. The Kier molecular flexibility index (Phi) is 3.49. The van der Waals surface area contributed by atoms with Crippen molar-refractivity contribution in [2.75, 3.05) is 0 Å². The van der Waals surface area contributed by atoms with Gasteiger partial charge in [-0.25, -0.2) is 8.78 Å². The fourth-order valence-electron chi connectivity index (χ4n) is 1.84. The van der Waals surface area contributed by atoms with Gasteiger partial charge in [-0.3, -0.25) is 4.68 Å². The molecule has 1 aromatic carbocycles. The van der Waals surface area contributed by atoms with Crippen LogP contribution in [-0.4, -0.2) is 9.78 Å². The number of benzene rings is 1. The van der Waals surface area contributed by atoms with Crippen LogP contribution in [0.1, 0.15) is 22.9 Å². The molecular weight excluding hydrogens is 304 g/mol. The molecule has 1 heterocycles. The van der Waals surface area contributed by atoms with Gasteiger partial charge in [0.25, 0.3) is 0 Å². The van der Waals surface area contributed by atoms with Crippen LogP contribution in [0, 0.1) is 18.6 Å². The normalized spacial score (nSPS) is 12.8. The molecule has 2 rings (SSSR count). The van der Waals surface area contributed by atoms with Gasteiger partial charge < -0.3 is 5.73 Å². The summed E-state index contributed by atoms with van der Waals surface area (Å²) in [6.07, 6.45) is 1.59. The number of nitrogens with zero attached hydrogens (tertiary/aromatic N) is 2. The topological polar surface area (TPSA) is 43.8 Å². The van der Waals surface area contributed by atoms with Gasteiger partial charge in [0.05, 0.1) is 22.4 Å². The predicted octanol–water partition coefficient (Wildman–Crippen LogP) is 2.82. The highest BCUT2D eigenvalue weighted by atomic mass is 79.9. The van der Waals surface area contributed by atoms with Gasteiger partial charge in [-0.2, -0.15) is 5.10 Å². The molecule has 0 aliphatic carbocycles. The van der Waals surface area contributed by atoms with Crippen LogP contribution in [0.15, 0.2) is 22.8 Å². The molecule has 0 aliphatic rings. The molecule has 1 unspecified atom stereocenters. The second kappa shape index (κ2) is 4.78. The summed E-state index contributed by atoms with van der Waals surface area (Å²) < 4.78 is 29.2. The minimum Gasteiger partial charge on any atom is -0.319 e. The lowest BCUT2D eigenvalue weighted by Crippen LogP contribution is -2.18. The first-order valence-electron chi connectivity index (χ1n) is 5.30. The summed E-state index contributed by atoms with van der Waals surface area (Å²) >= 11 is 3.31. The molecule has 0 saturated carbocycles. The molecule has 0 spiro atoms. The highest BCUT2D eigenvalue weighted by Crippen LogP contribution is 2.28. The first-order chi connectivity index (χ1) is 8.41. The van der Waals surface area contributed by atoms with E-state index in [2.05, 4.69) is 21.0 Å². The monoisotopic (exact) mass is 315 g/mol. The van der Waals surface area contributed by atoms with Gasteiger partial charge in [-0.1, -0.05) is 0 Å². The van der Waals surface area contributed by atoms with E-state index < -0.39 is 17.7 Å². The van der Waals surface area contributed by atoms with Crippen LogP contribution in [0.4, 0.5) is 8.78 Å². The summed E-state index contributed by atoms with van der Waals surface area (Å²) in [5.41, 5.74) is 7.28. The lowest BCUT2D eigenvalue weighted by molar-refractivity contribution is 0.554. The molecule has 2 aromatic rings. The van der Waals surface area contributed by atoms with Crippen LogP contribution in [0.5, 0.6) is 0 Å². The first-order valence-corrected chi connectivity index (χ1v) is 6.09. The van der Waals surface area contributed by atoms with Gasteiger partial charge in [-0.05, 0) is 34.5 Å². The molecule has 0 bridgehead atoms. The third kappa shape index (κ3) is 2.18. The number of hydrogen-bond donors (Lipinski definition) is 1. The van der Waals surface area contributed by atoms with Crippen molar-refractivity contribution < 1.29 is 8.78 Å². The minimum absolute atomic E-state index is 0.248. The van der Waals surface area contributed by atoms with Crippen molar-refractivity contribution in [3.63, 3.8) is 0 Å². The second-order valence-corrected chi connectivity index (χ2v) is 4.96. The largest absolute Gasteiger partial charge is 0.319 e. The maximum absolute atomic E-state index is 13.8. The van der Waals surface area contributed by atoms with Gasteiger partial charge >= 0.3 is 0 Å². The maximum atomic E-state index is 13.8. The Balaban J connectivity index is 2.53. The summed E-state index contributed by atoms with van der Waals surface area (Å²) in [6, 6.07) is 1.58. The van der Waals surface area contributed by atoms with Crippen molar-refractivity contribution in [1.82, 2.24) is 9.78 Å².